The number of fused-ring (bicyclic) bond motifs is 2. The minimum Gasteiger partial charge on any atom is -0.487 e. The third-order valence-corrected chi connectivity index (χ3v) is 5.61. The first kappa shape index (κ1) is 18.3. The number of nitrogens with two attached hydrogens (primary N) is 1. The normalized spacial score (nSPS) is 21.5. The summed E-state index contributed by atoms with van der Waals surface area (Å²) in [6.07, 6.45) is 3.10. The molecule has 2 aliphatic rings. The maximum absolute atomic E-state index is 14.5. The molecule has 0 spiro atoms. The number of hydrogen-bond acceptors (Lipinski definition) is 6. The van der Waals surface area contributed by atoms with Gasteiger partial charge in [-0.15, -0.1) is 0 Å². The van der Waals surface area contributed by atoms with Crippen LogP contribution in [0.25, 0.3) is 11.0 Å². The second-order valence-electron chi connectivity index (χ2n) is 7.49. The molecule has 4 heterocycles. The molecule has 152 valence electrons. The van der Waals surface area contributed by atoms with Crippen LogP contribution in [-0.2, 0) is 17.7 Å². The summed E-state index contributed by atoms with van der Waals surface area (Å²) in [5, 5.41) is 3.46. The van der Waals surface area contributed by atoms with Gasteiger partial charge in [0.05, 0.1) is 12.0 Å². The lowest BCUT2D eigenvalue weighted by Gasteiger charge is -2.24. The smallest absolute Gasteiger partial charge is 0.154 e. The summed E-state index contributed by atoms with van der Waals surface area (Å²) in [5.74, 6) is 0.134. The lowest BCUT2D eigenvalue weighted by Crippen LogP contribution is -2.27. The predicted molar refractivity (Wildman–Crippen MR) is 102 cm³/mol. The molecule has 1 saturated heterocycles. The van der Waals surface area contributed by atoms with E-state index in [2.05, 4.69) is 15.3 Å². The fourth-order valence-corrected chi connectivity index (χ4v) is 4.17. The van der Waals surface area contributed by atoms with Crippen molar-refractivity contribution in [3.63, 3.8) is 0 Å². The van der Waals surface area contributed by atoms with Crippen molar-refractivity contribution in [1.29, 1.82) is 0 Å². The monoisotopic (exact) mass is 401 g/mol. The Hall–Kier alpha value is -2.78. The van der Waals surface area contributed by atoms with Gasteiger partial charge in [-0.25, -0.2) is 18.7 Å². The minimum atomic E-state index is -0.486. The second-order valence-corrected chi connectivity index (χ2v) is 7.49. The van der Waals surface area contributed by atoms with Crippen LogP contribution in [0.3, 0.4) is 0 Å². The molecule has 1 aromatic carbocycles. The Kier molecular flexibility index (Phi) is 4.36. The molecule has 29 heavy (non-hydrogen) atoms. The van der Waals surface area contributed by atoms with E-state index in [0.717, 1.165) is 17.7 Å². The highest BCUT2D eigenvalue weighted by Crippen LogP contribution is 2.35. The second kappa shape index (κ2) is 6.93. The molecule has 0 aliphatic carbocycles. The Morgan fingerprint density at radius 2 is 2.17 bits per heavy atom. The maximum Gasteiger partial charge on any atom is 0.154 e. The topological polar surface area (TPSA) is 87.2 Å². The van der Waals surface area contributed by atoms with E-state index in [4.69, 9.17) is 15.2 Å². The lowest BCUT2D eigenvalue weighted by atomic mass is 9.96. The third kappa shape index (κ3) is 3.01. The molecule has 3 aromatic rings. The number of aryl methyl sites for hydroxylation is 1. The van der Waals surface area contributed by atoms with Gasteiger partial charge in [-0.05, 0) is 37.1 Å². The van der Waals surface area contributed by atoms with Crippen molar-refractivity contribution in [3.05, 3.63) is 46.9 Å². The van der Waals surface area contributed by atoms with Gasteiger partial charge in [-0.1, -0.05) is 0 Å². The van der Waals surface area contributed by atoms with Crippen molar-refractivity contribution >= 4 is 16.9 Å². The number of nitrogens with one attached hydrogen (secondary N) is 1. The quantitative estimate of drug-likeness (QED) is 0.702. The summed E-state index contributed by atoms with van der Waals surface area (Å²) < 4.78 is 42.5. The van der Waals surface area contributed by atoms with Crippen LogP contribution in [0.2, 0.25) is 0 Å². The van der Waals surface area contributed by atoms with E-state index in [0.29, 0.717) is 43.0 Å². The number of nitrogen functional groups attached to an aromatic ring is 1. The Morgan fingerprint density at radius 3 is 3.03 bits per heavy atom. The molecule has 2 unspecified atom stereocenters. The van der Waals surface area contributed by atoms with E-state index in [1.165, 1.54) is 12.5 Å². The van der Waals surface area contributed by atoms with Crippen LogP contribution in [-0.4, -0.2) is 33.8 Å². The van der Waals surface area contributed by atoms with Crippen molar-refractivity contribution in [2.75, 3.05) is 18.9 Å². The lowest BCUT2D eigenvalue weighted by molar-refractivity contribution is 0.0522. The first-order chi connectivity index (χ1) is 14.0. The molecule has 7 nitrogen and oxygen atoms in total. The summed E-state index contributed by atoms with van der Waals surface area (Å²) >= 11 is 0. The van der Waals surface area contributed by atoms with E-state index < -0.39 is 12.0 Å². The average molecular weight is 401 g/mol. The third-order valence-electron chi connectivity index (χ3n) is 5.61. The highest BCUT2D eigenvalue weighted by atomic mass is 19.1. The van der Waals surface area contributed by atoms with Gasteiger partial charge in [0.1, 0.15) is 36.0 Å². The first-order valence-corrected chi connectivity index (χ1v) is 9.59. The molecule has 0 saturated carbocycles. The Morgan fingerprint density at radius 1 is 1.31 bits per heavy atom. The van der Waals surface area contributed by atoms with Crippen LogP contribution in [0.4, 0.5) is 14.6 Å². The summed E-state index contributed by atoms with van der Waals surface area (Å²) in [4.78, 5) is 8.00. The number of nitrogens with zero attached hydrogens (tertiary/aromatic N) is 3. The molecule has 2 atom stereocenters. The highest BCUT2D eigenvalue weighted by Gasteiger charge is 2.32. The molecule has 0 radical (unpaired) electrons. The Bertz CT molecular complexity index is 1100. The van der Waals surface area contributed by atoms with Crippen LogP contribution in [0.5, 0.6) is 5.75 Å². The van der Waals surface area contributed by atoms with Crippen LogP contribution in [0.1, 0.15) is 29.3 Å². The van der Waals surface area contributed by atoms with E-state index in [-0.39, 0.29) is 23.1 Å². The van der Waals surface area contributed by atoms with E-state index in [1.54, 1.807) is 17.6 Å². The number of anilines is 1. The zero-order valence-corrected chi connectivity index (χ0v) is 15.9. The van der Waals surface area contributed by atoms with Gasteiger partial charge in [-0.2, -0.15) is 0 Å². The molecule has 0 amide bonds. The van der Waals surface area contributed by atoms with Gasteiger partial charge in [0.2, 0.25) is 0 Å². The standard InChI is InChI=1S/C20H21F2N5O2/c1-10-4-15(13-6-24-3-2-12(13)18(10)22)29-11-5-16(28-8-11)27-7-14(21)17-19(23)25-9-26-20(17)27/h4,7,9,11,16,24H,2-3,5-6,8H2,1H3,(H2,23,25,26). The predicted octanol–water partition coefficient (Wildman–Crippen LogP) is 2.61. The zero-order valence-electron chi connectivity index (χ0n) is 15.9. The van der Waals surface area contributed by atoms with Crippen LogP contribution >= 0.6 is 0 Å². The van der Waals surface area contributed by atoms with Crippen molar-refractivity contribution in [2.24, 2.45) is 0 Å². The van der Waals surface area contributed by atoms with Crippen LogP contribution in [0.15, 0.2) is 18.6 Å². The van der Waals surface area contributed by atoms with Gasteiger partial charge in [0, 0.05) is 24.7 Å². The number of rotatable bonds is 3. The number of halogens is 2. The van der Waals surface area contributed by atoms with Gasteiger partial charge in [0.25, 0.3) is 0 Å². The highest BCUT2D eigenvalue weighted by molar-refractivity contribution is 5.86. The van der Waals surface area contributed by atoms with Gasteiger partial charge in [-0.3, -0.25) is 0 Å². The van der Waals surface area contributed by atoms with Crippen molar-refractivity contribution < 1.29 is 18.3 Å². The van der Waals surface area contributed by atoms with Crippen LogP contribution in [0, 0.1) is 18.6 Å². The largest absolute Gasteiger partial charge is 0.487 e. The molecule has 0 bridgehead atoms. The number of benzene rings is 1. The first-order valence-electron chi connectivity index (χ1n) is 9.59. The van der Waals surface area contributed by atoms with Crippen LogP contribution < -0.4 is 15.8 Å². The molecule has 2 aromatic heterocycles. The molecule has 1 fully saturated rings. The zero-order chi connectivity index (χ0) is 20.1. The van der Waals surface area contributed by atoms with Gasteiger partial charge in [0.15, 0.2) is 11.5 Å². The van der Waals surface area contributed by atoms with E-state index >= 15 is 0 Å². The molecular formula is C20H21F2N5O2. The van der Waals surface area contributed by atoms with Crippen molar-refractivity contribution in [1.82, 2.24) is 19.9 Å². The fraction of sp³-hybridized carbons (Fsp3) is 0.400. The molecule has 3 N–H and O–H groups in total. The van der Waals surface area contributed by atoms with Crippen molar-refractivity contribution in [2.45, 2.75) is 38.6 Å². The SMILES string of the molecule is Cc1cc(OC2COC(n3cc(F)c4c(N)ncnc43)C2)c2c(c1F)CCNC2. The summed E-state index contributed by atoms with van der Waals surface area (Å²) in [5.41, 5.74) is 8.33. The molecule has 9 heteroatoms. The minimum absolute atomic E-state index is 0.0953. The summed E-state index contributed by atoms with van der Waals surface area (Å²) in [6.45, 7) is 3.41. The molecule has 5 rings (SSSR count). The maximum atomic E-state index is 14.5. The molecule has 2 aliphatic heterocycles. The number of ether oxygens (including phenoxy) is 2. The average Bonchev–Trinajstić information content (AvgIpc) is 3.31. The Balaban J connectivity index is 1.40. The van der Waals surface area contributed by atoms with Gasteiger partial charge >= 0.3 is 0 Å². The van der Waals surface area contributed by atoms with E-state index in [9.17, 15) is 8.78 Å². The summed E-state index contributed by atoms with van der Waals surface area (Å²) in [6, 6.07) is 1.74. The van der Waals surface area contributed by atoms with Crippen molar-refractivity contribution in [3.8, 4) is 5.75 Å². The van der Waals surface area contributed by atoms with E-state index in [1.807, 2.05) is 0 Å². The fourth-order valence-electron chi connectivity index (χ4n) is 4.17. The number of hydrogen-bond donors (Lipinski definition) is 2. The summed E-state index contributed by atoms with van der Waals surface area (Å²) in [7, 11) is 0. The molecular weight excluding hydrogens is 380 g/mol. The number of aromatic nitrogens is 3. The van der Waals surface area contributed by atoms with Gasteiger partial charge < -0.3 is 25.1 Å². The Labute approximate surface area is 165 Å².